The second kappa shape index (κ2) is 5.11. The second-order valence-electron chi connectivity index (χ2n) is 4.10. The molecule has 0 amide bonds. The average molecular weight is 361 g/mol. The third-order valence-corrected chi connectivity index (χ3v) is 4.78. The molecule has 0 unspecified atom stereocenters. The number of thiophene rings is 1. The largest absolute Gasteiger partial charge is 0.417 e. The molecule has 104 valence electrons. The molecule has 0 fully saturated rings. The van der Waals surface area contributed by atoms with E-state index in [1.807, 2.05) is 6.07 Å². The maximum Gasteiger partial charge on any atom is 0.417 e. The summed E-state index contributed by atoms with van der Waals surface area (Å²) in [5.74, 6) is 0. The molecule has 0 aliphatic carbocycles. The summed E-state index contributed by atoms with van der Waals surface area (Å²) in [5, 5.41) is 8.92. The Morgan fingerprint density at radius 2 is 2.00 bits per heavy atom. The Kier molecular flexibility index (Phi) is 3.80. The zero-order chi connectivity index (χ0) is 15.1. The van der Waals surface area contributed by atoms with Crippen LogP contribution in [0.15, 0.2) is 22.7 Å². The molecule has 0 saturated heterocycles. The van der Waals surface area contributed by atoms with Crippen LogP contribution in [0.5, 0.6) is 0 Å². The van der Waals surface area contributed by atoms with E-state index in [0.29, 0.717) is 26.6 Å². The van der Waals surface area contributed by atoms with Crippen LogP contribution in [0.1, 0.15) is 16.0 Å². The summed E-state index contributed by atoms with van der Waals surface area (Å²) in [5.41, 5.74) is 6.36. The maximum atomic E-state index is 12.9. The Morgan fingerprint density at radius 1 is 1.35 bits per heavy atom. The van der Waals surface area contributed by atoms with E-state index in [4.69, 9.17) is 11.0 Å². The molecule has 0 bridgehead atoms. The Labute approximate surface area is 125 Å². The van der Waals surface area contributed by atoms with Gasteiger partial charge in [0.05, 0.1) is 11.3 Å². The molecule has 1 aromatic heterocycles. The van der Waals surface area contributed by atoms with E-state index in [0.717, 1.165) is 17.4 Å². The summed E-state index contributed by atoms with van der Waals surface area (Å²) in [6.07, 6.45) is -4.44. The van der Waals surface area contributed by atoms with Crippen molar-refractivity contribution >= 4 is 33.0 Å². The number of halogens is 4. The number of benzene rings is 1. The lowest BCUT2D eigenvalue weighted by molar-refractivity contribution is -0.138. The van der Waals surface area contributed by atoms with Crippen molar-refractivity contribution in [1.29, 1.82) is 5.26 Å². The molecule has 2 nitrogen and oxygen atoms in total. The minimum atomic E-state index is -4.44. The monoisotopic (exact) mass is 360 g/mol. The van der Waals surface area contributed by atoms with Crippen molar-refractivity contribution in [2.75, 3.05) is 5.73 Å². The van der Waals surface area contributed by atoms with Crippen molar-refractivity contribution in [1.82, 2.24) is 0 Å². The number of anilines is 1. The van der Waals surface area contributed by atoms with Gasteiger partial charge in [0.25, 0.3) is 0 Å². The summed E-state index contributed by atoms with van der Waals surface area (Å²) >= 11 is 3.99. The molecule has 0 spiro atoms. The van der Waals surface area contributed by atoms with Gasteiger partial charge in [-0.1, -0.05) is 22.0 Å². The highest BCUT2D eigenvalue weighted by molar-refractivity contribution is 9.10. The number of nitriles is 1. The first-order valence-electron chi connectivity index (χ1n) is 5.41. The van der Waals surface area contributed by atoms with Crippen molar-refractivity contribution in [2.24, 2.45) is 0 Å². The summed E-state index contributed by atoms with van der Waals surface area (Å²) < 4.78 is 38.7. The Morgan fingerprint density at radius 3 is 2.50 bits per heavy atom. The first-order valence-corrected chi connectivity index (χ1v) is 7.02. The number of hydrogen-bond donors (Lipinski definition) is 1. The van der Waals surface area contributed by atoms with Gasteiger partial charge in [-0.2, -0.15) is 18.4 Å². The summed E-state index contributed by atoms with van der Waals surface area (Å²) in [7, 11) is 0. The predicted molar refractivity (Wildman–Crippen MR) is 76.3 cm³/mol. The fourth-order valence-electron chi connectivity index (χ4n) is 1.77. The molecular formula is C13H8BrF3N2S. The molecule has 0 aliphatic rings. The van der Waals surface area contributed by atoms with Crippen molar-refractivity contribution in [3.8, 4) is 16.5 Å². The van der Waals surface area contributed by atoms with Crippen LogP contribution in [-0.4, -0.2) is 0 Å². The first kappa shape index (κ1) is 14.9. The van der Waals surface area contributed by atoms with E-state index >= 15 is 0 Å². The highest BCUT2D eigenvalue weighted by atomic mass is 79.9. The van der Waals surface area contributed by atoms with Crippen LogP contribution in [0.3, 0.4) is 0 Å². The molecule has 2 rings (SSSR count). The third kappa shape index (κ3) is 2.53. The number of hydrogen-bond acceptors (Lipinski definition) is 3. The van der Waals surface area contributed by atoms with Gasteiger partial charge in [-0.3, -0.25) is 0 Å². The Balaban J connectivity index is 2.64. The molecule has 0 atom stereocenters. The molecule has 0 saturated carbocycles. The molecule has 0 radical (unpaired) electrons. The quantitative estimate of drug-likeness (QED) is 0.781. The van der Waals surface area contributed by atoms with Gasteiger partial charge in [0.2, 0.25) is 0 Å². The Bertz CT molecular complexity index is 714. The molecule has 20 heavy (non-hydrogen) atoms. The van der Waals surface area contributed by atoms with Gasteiger partial charge >= 0.3 is 6.18 Å². The fourth-order valence-corrected chi connectivity index (χ4v) is 3.26. The third-order valence-electron chi connectivity index (χ3n) is 2.83. The summed E-state index contributed by atoms with van der Waals surface area (Å²) in [6.45, 7) is 1.69. The standard InChI is InChI=1S/C13H8BrF3N2S/c1-6-11(19)10(5-18)20-12(6)7-2-3-9(14)8(4-7)13(15,16)17/h2-4H,19H2,1H3. The van der Waals surface area contributed by atoms with E-state index in [1.165, 1.54) is 6.07 Å². The van der Waals surface area contributed by atoms with E-state index in [-0.39, 0.29) is 4.47 Å². The van der Waals surface area contributed by atoms with E-state index in [9.17, 15) is 13.2 Å². The lowest BCUT2D eigenvalue weighted by Gasteiger charge is -2.11. The van der Waals surface area contributed by atoms with Gasteiger partial charge in [0.15, 0.2) is 0 Å². The molecule has 1 aromatic carbocycles. The van der Waals surface area contributed by atoms with Crippen molar-refractivity contribution in [2.45, 2.75) is 13.1 Å². The SMILES string of the molecule is Cc1c(-c2ccc(Br)c(C(F)(F)F)c2)sc(C#N)c1N. The van der Waals surface area contributed by atoms with Crippen LogP contribution in [0.4, 0.5) is 18.9 Å². The molecule has 2 N–H and O–H groups in total. The number of nitrogens with two attached hydrogens (primary N) is 1. The second-order valence-corrected chi connectivity index (χ2v) is 5.98. The smallest absolute Gasteiger partial charge is 0.397 e. The van der Waals surface area contributed by atoms with Crippen LogP contribution >= 0.6 is 27.3 Å². The van der Waals surface area contributed by atoms with Crippen LogP contribution in [0, 0.1) is 18.3 Å². The highest BCUT2D eigenvalue weighted by Gasteiger charge is 2.33. The maximum absolute atomic E-state index is 12.9. The van der Waals surface area contributed by atoms with Gasteiger partial charge in [-0.05, 0) is 30.2 Å². The number of alkyl halides is 3. The van der Waals surface area contributed by atoms with E-state index < -0.39 is 11.7 Å². The van der Waals surface area contributed by atoms with Crippen molar-refractivity contribution in [3.05, 3.63) is 38.7 Å². The minimum absolute atomic E-state index is 0.0172. The predicted octanol–water partition coefficient (Wildman–Crippen LogP) is 4.96. The molecular weight excluding hydrogens is 353 g/mol. The Hall–Kier alpha value is -1.52. The molecule has 1 heterocycles. The summed E-state index contributed by atoms with van der Waals surface area (Å²) in [6, 6.07) is 5.92. The zero-order valence-corrected chi connectivity index (χ0v) is 12.6. The number of nitrogen functional groups attached to an aromatic ring is 1. The van der Waals surface area contributed by atoms with Crippen LogP contribution < -0.4 is 5.73 Å². The van der Waals surface area contributed by atoms with E-state index in [2.05, 4.69) is 15.9 Å². The van der Waals surface area contributed by atoms with Crippen molar-refractivity contribution in [3.63, 3.8) is 0 Å². The van der Waals surface area contributed by atoms with Crippen molar-refractivity contribution < 1.29 is 13.2 Å². The number of nitrogens with zero attached hydrogens (tertiary/aromatic N) is 1. The first-order chi connectivity index (χ1) is 9.25. The van der Waals surface area contributed by atoms with Gasteiger partial charge in [-0.15, -0.1) is 11.3 Å². The summed E-state index contributed by atoms with van der Waals surface area (Å²) in [4.78, 5) is 0.894. The average Bonchev–Trinajstić information content (AvgIpc) is 2.65. The van der Waals surface area contributed by atoms with Gasteiger partial charge < -0.3 is 5.73 Å². The minimum Gasteiger partial charge on any atom is -0.397 e. The van der Waals surface area contributed by atoms with Gasteiger partial charge in [0.1, 0.15) is 10.9 Å². The fraction of sp³-hybridized carbons (Fsp3) is 0.154. The molecule has 7 heteroatoms. The number of rotatable bonds is 1. The lowest BCUT2D eigenvalue weighted by Crippen LogP contribution is -2.06. The topological polar surface area (TPSA) is 49.8 Å². The lowest BCUT2D eigenvalue weighted by atomic mass is 10.1. The van der Waals surface area contributed by atoms with Crippen LogP contribution in [-0.2, 0) is 6.18 Å². The van der Waals surface area contributed by atoms with Crippen LogP contribution in [0.25, 0.3) is 10.4 Å². The molecule has 0 aliphatic heterocycles. The van der Waals surface area contributed by atoms with E-state index in [1.54, 1.807) is 13.0 Å². The zero-order valence-electron chi connectivity index (χ0n) is 10.2. The normalized spacial score (nSPS) is 11.4. The van der Waals surface area contributed by atoms with Gasteiger partial charge in [-0.25, -0.2) is 0 Å². The van der Waals surface area contributed by atoms with Crippen LogP contribution in [0.2, 0.25) is 0 Å². The van der Waals surface area contributed by atoms with Gasteiger partial charge in [0, 0.05) is 9.35 Å². The highest BCUT2D eigenvalue weighted by Crippen LogP contribution is 2.41. The molecule has 2 aromatic rings.